The minimum Gasteiger partial charge on any atom is -0.336 e. The lowest BCUT2D eigenvalue weighted by Gasteiger charge is -2.33. The molecule has 1 fully saturated rings. The Morgan fingerprint density at radius 1 is 1.33 bits per heavy atom. The van der Waals surface area contributed by atoms with Gasteiger partial charge < -0.3 is 4.90 Å². The lowest BCUT2D eigenvalue weighted by molar-refractivity contribution is 0.0647. The quantitative estimate of drug-likeness (QED) is 0.801. The van der Waals surface area contributed by atoms with Crippen LogP contribution in [-0.4, -0.2) is 23.4 Å². The van der Waals surface area contributed by atoms with Crippen molar-refractivity contribution in [3.8, 4) is 0 Å². The van der Waals surface area contributed by atoms with Gasteiger partial charge in [0, 0.05) is 18.2 Å². The van der Waals surface area contributed by atoms with Gasteiger partial charge in [0.2, 0.25) is 0 Å². The van der Waals surface area contributed by atoms with Gasteiger partial charge in [-0.15, -0.1) is 0 Å². The molecule has 0 radical (unpaired) electrons. The molecule has 1 saturated carbocycles. The molecule has 18 heavy (non-hydrogen) atoms. The Bertz CT molecular complexity index is 413. The lowest BCUT2D eigenvalue weighted by Crippen LogP contribution is -2.41. The fraction of sp³-hybridized carbons (Fsp3) is 0.533. The average Bonchev–Trinajstić information content (AvgIpc) is 2.41. The molecule has 1 aliphatic carbocycles. The van der Waals surface area contributed by atoms with Crippen molar-refractivity contribution in [1.82, 2.24) is 4.90 Å². The number of carbonyl (C=O) groups excluding carboxylic acids is 1. The zero-order valence-corrected chi connectivity index (χ0v) is 10.9. The van der Waals surface area contributed by atoms with Gasteiger partial charge in [-0.2, -0.15) is 0 Å². The van der Waals surface area contributed by atoms with Gasteiger partial charge in [0.05, 0.1) is 0 Å². The van der Waals surface area contributed by atoms with E-state index in [1.807, 2.05) is 11.8 Å². The summed E-state index contributed by atoms with van der Waals surface area (Å²) < 4.78 is 13.2. The maximum atomic E-state index is 13.2. The van der Waals surface area contributed by atoms with E-state index in [2.05, 4.69) is 0 Å². The lowest BCUT2D eigenvalue weighted by atomic mass is 9.93. The Hall–Kier alpha value is -1.38. The van der Waals surface area contributed by atoms with Crippen molar-refractivity contribution >= 4 is 5.91 Å². The third-order valence-corrected chi connectivity index (χ3v) is 3.69. The summed E-state index contributed by atoms with van der Waals surface area (Å²) in [5.41, 5.74) is 0.461. The number of hydrogen-bond donors (Lipinski definition) is 0. The van der Waals surface area contributed by atoms with Crippen molar-refractivity contribution in [3.63, 3.8) is 0 Å². The Morgan fingerprint density at radius 3 is 2.67 bits per heavy atom. The van der Waals surface area contributed by atoms with Gasteiger partial charge in [-0.1, -0.05) is 25.3 Å². The second-order valence-corrected chi connectivity index (χ2v) is 4.89. The largest absolute Gasteiger partial charge is 0.336 e. The molecule has 1 aromatic carbocycles. The highest BCUT2D eigenvalue weighted by Gasteiger charge is 2.24. The van der Waals surface area contributed by atoms with E-state index in [0.717, 1.165) is 12.8 Å². The molecule has 0 N–H and O–H groups in total. The Labute approximate surface area is 108 Å². The molecule has 3 heteroatoms. The summed E-state index contributed by atoms with van der Waals surface area (Å²) in [5, 5.41) is 0. The first-order valence-electron chi connectivity index (χ1n) is 6.79. The normalized spacial score (nSPS) is 16.6. The molecule has 1 aromatic rings. The van der Waals surface area contributed by atoms with Gasteiger partial charge in [0.25, 0.3) is 5.91 Å². The highest BCUT2D eigenvalue weighted by atomic mass is 19.1. The maximum absolute atomic E-state index is 13.2. The summed E-state index contributed by atoms with van der Waals surface area (Å²) >= 11 is 0. The van der Waals surface area contributed by atoms with E-state index < -0.39 is 0 Å². The van der Waals surface area contributed by atoms with Crippen molar-refractivity contribution < 1.29 is 9.18 Å². The second-order valence-electron chi connectivity index (χ2n) is 4.89. The summed E-state index contributed by atoms with van der Waals surface area (Å²) in [6.45, 7) is 2.69. The number of carbonyl (C=O) groups is 1. The topological polar surface area (TPSA) is 20.3 Å². The number of nitrogens with zero attached hydrogens (tertiary/aromatic N) is 1. The minimum atomic E-state index is -0.347. The van der Waals surface area contributed by atoms with Crippen LogP contribution in [0.15, 0.2) is 24.3 Å². The van der Waals surface area contributed by atoms with E-state index in [-0.39, 0.29) is 11.7 Å². The fourth-order valence-corrected chi connectivity index (χ4v) is 2.75. The molecule has 2 rings (SSSR count). The molecular weight excluding hydrogens is 229 g/mol. The highest BCUT2D eigenvalue weighted by Crippen LogP contribution is 2.24. The van der Waals surface area contributed by atoms with Crippen LogP contribution in [0, 0.1) is 5.82 Å². The van der Waals surface area contributed by atoms with Crippen LogP contribution in [0.3, 0.4) is 0 Å². The molecule has 98 valence electrons. The predicted molar refractivity (Wildman–Crippen MR) is 70.0 cm³/mol. The monoisotopic (exact) mass is 249 g/mol. The van der Waals surface area contributed by atoms with Crippen LogP contribution in [0.4, 0.5) is 4.39 Å². The van der Waals surface area contributed by atoms with Crippen LogP contribution in [0.2, 0.25) is 0 Å². The van der Waals surface area contributed by atoms with Gasteiger partial charge in [-0.3, -0.25) is 4.79 Å². The van der Waals surface area contributed by atoms with E-state index in [4.69, 9.17) is 0 Å². The molecule has 0 spiro atoms. The second kappa shape index (κ2) is 5.98. The van der Waals surface area contributed by atoms with Crippen LogP contribution < -0.4 is 0 Å². The number of amides is 1. The zero-order valence-electron chi connectivity index (χ0n) is 10.9. The highest BCUT2D eigenvalue weighted by molar-refractivity contribution is 5.94. The van der Waals surface area contributed by atoms with Crippen molar-refractivity contribution in [1.29, 1.82) is 0 Å². The molecule has 2 nitrogen and oxygen atoms in total. The van der Waals surface area contributed by atoms with E-state index in [1.165, 1.54) is 31.4 Å². The molecule has 0 heterocycles. The average molecular weight is 249 g/mol. The van der Waals surface area contributed by atoms with Crippen molar-refractivity contribution in [2.24, 2.45) is 0 Å². The van der Waals surface area contributed by atoms with Gasteiger partial charge in [0.1, 0.15) is 5.82 Å². The van der Waals surface area contributed by atoms with Gasteiger partial charge in [-0.25, -0.2) is 4.39 Å². The molecular formula is C15H20FNO. The van der Waals surface area contributed by atoms with E-state index in [9.17, 15) is 9.18 Å². The van der Waals surface area contributed by atoms with Crippen LogP contribution in [0.5, 0.6) is 0 Å². The van der Waals surface area contributed by atoms with E-state index in [0.29, 0.717) is 18.2 Å². The number of hydrogen-bond acceptors (Lipinski definition) is 1. The Morgan fingerprint density at radius 2 is 2.06 bits per heavy atom. The third kappa shape index (κ3) is 2.89. The first kappa shape index (κ1) is 13.1. The Balaban J connectivity index is 2.14. The zero-order chi connectivity index (χ0) is 13.0. The summed E-state index contributed by atoms with van der Waals surface area (Å²) in [7, 11) is 0. The first-order valence-corrected chi connectivity index (χ1v) is 6.79. The summed E-state index contributed by atoms with van der Waals surface area (Å²) in [5.74, 6) is -0.385. The van der Waals surface area contributed by atoms with Crippen molar-refractivity contribution in [3.05, 3.63) is 35.6 Å². The van der Waals surface area contributed by atoms with Crippen LogP contribution >= 0.6 is 0 Å². The summed E-state index contributed by atoms with van der Waals surface area (Å²) in [6.07, 6.45) is 5.81. The molecule has 0 bridgehead atoms. The van der Waals surface area contributed by atoms with Crippen LogP contribution in [-0.2, 0) is 0 Å². The molecule has 0 aromatic heterocycles. The van der Waals surface area contributed by atoms with Gasteiger partial charge in [-0.05, 0) is 38.0 Å². The molecule has 0 saturated heterocycles. The van der Waals surface area contributed by atoms with Crippen LogP contribution in [0.25, 0.3) is 0 Å². The minimum absolute atomic E-state index is 0.0381. The van der Waals surface area contributed by atoms with Gasteiger partial charge in [0.15, 0.2) is 0 Å². The van der Waals surface area contributed by atoms with Crippen molar-refractivity contribution in [2.75, 3.05) is 6.54 Å². The predicted octanol–water partition coefficient (Wildman–Crippen LogP) is 3.62. The number of rotatable bonds is 3. The molecule has 0 atom stereocenters. The molecule has 0 aliphatic heterocycles. The van der Waals surface area contributed by atoms with E-state index >= 15 is 0 Å². The molecule has 0 unspecified atom stereocenters. The van der Waals surface area contributed by atoms with Gasteiger partial charge >= 0.3 is 0 Å². The Kier molecular flexibility index (Phi) is 4.34. The summed E-state index contributed by atoms with van der Waals surface area (Å²) in [6, 6.07) is 6.31. The molecule has 1 aliphatic rings. The van der Waals surface area contributed by atoms with Crippen LogP contribution in [0.1, 0.15) is 49.4 Å². The maximum Gasteiger partial charge on any atom is 0.254 e. The smallest absolute Gasteiger partial charge is 0.254 e. The first-order chi connectivity index (χ1) is 8.72. The third-order valence-electron chi connectivity index (χ3n) is 3.69. The summed E-state index contributed by atoms with van der Waals surface area (Å²) in [4.78, 5) is 14.3. The molecule has 1 amide bonds. The fourth-order valence-electron chi connectivity index (χ4n) is 2.75. The van der Waals surface area contributed by atoms with E-state index in [1.54, 1.807) is 12.1 Å². The number of halogens is 1. The SMILES string of the molecule is CCN(C(=O)c1cccc(F)c1)C1CCCCC1. The standard InChI is InChI=1S/C15H20FNO/c1-2-17(14-9-4-3-5-10-14)15(18)12-7-6-8-13(16)11-12/h6-8,11,14H,2-5,9-10H2,1H3. The number of benzene rings is 1. The van der Waals surface area contributed by atoms with Crippen molar-refractivity contribution in [2.45, 2.75) is 45.1 Å².